The minimum Gasteiger partial charge on any atom is -0.248 e. The Morgan fingerprint density at radius 3 is 1.67 bits per heavy atom. The van der Waals surface area contributed by atoms with Crippen molar-refractivity contribution in [1.82, 2.24) is 4.98 Å². The third-order valence-corrected chi connectivity index (χ3v) is 9.04. The molecular weight excluding hydrogens is 518 g/mol. The van der Waals surface area contributed by atoms with E-state index in [4.69, 9.17) is 4.98 Å². The Labute approximate surface area is 250 Å². The van der Waals surface area contributed by atoms with Crippen molar-refractivity contribution in [2.45, 2.75) is 6.92 Å². The first-order valence-electron chi connectivity index (χ1n) is 14.9. The second kappa shape index (κ2) is 9.24. The molecule has 200 valence electrons. The summed E-state index contributed by atoms with van der Waals surface area (Å²) < 4.78 is 0. The Balaban J connectivity index is 1.42. The smallest absolute Gasteiger partial charge is 0.0715 e. The summed E-state index contributed by atoms with van der Waals surface area (Å²) in [6, 6.07) is 53.0. The lowest BCUT2D eigenvalue weighted by Crippen LogP contribution is -1.93. The molecule has 1 nitrogen and oxygen atoms in total. The lowest BCUT2D eigenvalue weighted by Gasteiger charge is -2.20. The van der Waals surface area contributed by atoms with Gasteiger partial charge in [-0.2, -0.15) is 0 Å². The van der Waals surface area contributed by atoms with Crippen LogP contribution in [0.5, 0.6) is 0 Å². The third kappa shape index (κ3) is 3.55. The highest BCUT2D eigenvalue weighted by molar-refractivity contribution is 6.28. The molecule has 0 saturated heterocycles. The van der Waals surface area contributed by atoms with E-state index in [1.165, 1.54) is 82.6 Å². The van der Waals surface area contributed by atoms with Gasteiger partial charge in [0, 0.05) is 10.9 Å². The highest BCUT2D eigenvalue weighted by Crippen LogP contribution is 2.58. The van der Waals surface area contributed by atoms with Gasteiger partial charge in [0.05, 0.1) is 11.2 Å². The van der Waals surface area contributed by atoms with Crippen molar-refractivity contribution in [3.05, 3.63) is 151 Å². The van der Waals surface area contributed by atoms with Gasteiger partial charge in [-0.05, 0) is 91.2 Å². The molecule has 0 unspecified atom stereocenters. The summed E-state index contributed by atoms with van der Waals surface area (Å²) in [6.07, 6.45) is 0. The Morgan fingerprint density at radius 2 is 1.00 bits per heavy atom. The first kappa shape index (κ1) is 24.1. The van der Waals surface area contributed by atoms with Gasteiger partial charge < -0.3 is 0 Å². The predicted molar refractivity (Wildman–Crippen MR) is 182 cm³/mol. The van der Waals surface area contributed by atoms with Crippen molar-refractivity contribution >= 4 is 32.4 Å². The monoisotopic (exact) mass is 545 g/mol. The van der Waals surface area contributed by atoms with Crippen LogP contribution in [0.2, 0.25) is 0 Å². The van der Waals surface area contributed by atoms with E-state index in [1.807, 2.05) is 0 Å². The maximum Gasteiger partial charge on any atom is 0.0715 e. The van der Waals surface area contributed by atoms with E-state index >= 15 is 0 Å². The quantitative estimate of drug-likeness (QED) is 0.215. The molecule has 0 fully saturated rings. The molecular formula is C42H27N. The molecule has 0 N–H and O–H groups in total. The van der Waals surface area contributed by atoms with Gasteiger partial charge >= 0.3 is 0 Å². The van der Waals surface area contributed by atoms with Crippen molar-refractivity contribution in [3.63, 3.8) is 0 Å². The fourth-order valence-electron chi connectivity index (χ4n) is 7.23. The Bertz CT molecular complexity index is 2290. The van der Waals surface area contributed by atoms with Crippen LogP contribution in [0.15, 0.2) is 146 Å². The summed E-state index contributed by atoms with van der Waals surface area (Å²) in [5, 5.41) is 6.29. The summed E-state index contributed by atoms with van der Waals surface area (Å²) >= 11 is 0. The molecule has 0 saturated carbocycles. The zero-order chi connectivity index (χ0) is 28.5. The standard InChI is InChI=1S/C42H27N/c1-26-19-23-36-29(25-26)20-24-37(43-36)30-21-22-35-40-31(30)17-10-18-34(40)41-38(27-11-4-2-5-12-27)32-15-8-9-16-33(32)39(42(35)41)28-13-6-3-7-14-28/h2-25H,1H3. The van der Waals surface area contributed by atoms with Crippen molar-refractivity contribution in [2.75, 3.05) is 0 Å². The number of rotatable bonds is 3. The minimum atomic E-state index is 1.01. The van der Waals surface area contributed by atoms with Gasteiger partial charge in [0.1, 0.15) is 0 Å². The lowest BCUT2D eigenvalue weighted by atomic mass is 9.82. The van der Waals surface area contributed by atoms with Crippen molar-refractivity contribution in [1.29, 1.82) is 0 Å². The van der Waals surface area contributed by atoms with Crippen LogP contribution >= 0.6 is 0 Å². The van der Waals surface area contributed by atoms with E-state index in [0.29, 0.717) is 0 Å². The molecule has 9 rings (SSSR count). The summed E-state index contributed by atoms with van der Waals surface area (Å²) in [7, 11) is 0. The Hall–Kier alpha value is -5.53. The van der Waals surface area contributed by atoms with E-state index in [2.05, 4.69) is 153 Å². The number of aryl methyl sites for hydroxylation is 1. The maximum absolute atomic E-state index is 5.14. The normalized spacial score (nSPS) is 11.8. The molecule has 0 amide bonds. The van der Waals surface area contributed by atoms with Crippen LogP contribution < -0.4 is 0 Å². The maximum atomic E-state index is 5.14. The topological polar surface area (TPSA) is 12.9 Å². The van der Waals surface area contributed by atoms with Gasteiger partial charge in [-0.3, -0.25) is 0 Å². The zero-order valence-electron chi connectivity index (χ0n) is 23.8. The lowest BCUT2D eigenvalue weighted by molar-refractivity contribution is 1.39. The number of fused-ring (bicyclic) bond motifs is 5. The zero-order valence-corrected chi connectivity index (χ0v) is 23.8. The molecule has 1 heteroatoms. The van der Waals surface area contributed by atoms with Crippen molar-refractivity contribution in [3.8, 4) is 55.8 Å². The number of pyridine rings is 1. The first-order valence-corrected chi connectivity index (χ1v) is 14.9. The van der Waals surface area contributed by atoms with E-state index in [9.17, 15) is 0 Å². The molecule has 43 heavy (non-hydrogen) atoms. The molecule has 1 aliphatic carbocycles. The second-order valence-electron chi connectivity index (χ2n) is 11.6. The number of hydrogen-bond donors (Lipinski definition) is 0. The fourth-order valence-corrected chi connectivity index (χ4v) is 7.23. The number of nitrogens with zero attached hydrogens (tertiary/aromatic N) is 1. The van der Waals surface area contributed by atoms with Crippen LogP contribution in [0.1, 0.15) is 5.56 Å². The molecule has 7 aromatic carbocycles. The van der Waals surface area contributed by atoms with Crippen LogP contribution in [0.3, 0.4) is 0 Å². The number of aromatic nitrogens is 1. The highest BCUT2D eigenvalue weighted by atomic mass is 14.7. The molecule has 0 radical (unpaired) electrons. The average molecular weight is 546 g/mol. The van der Waals surface area contributed by atoms with Gasteiger partial charge in [0.15, 0.2) is 0 Å². The molecule has 1 aromatic heterocycles. The predicted octanol–water partition coefficient (Wildman–Crippen LogP) is 11.5. The van der Waals surface area contributed by atoms with Gasteiger partial charge in [0.25, 0.3) is 0 Å². The van der Waals surface area contributed by atoms with Crippen LogP contribution in [-0.2, 0) is 0 Å². The Kier molecular flexibility index (Phi) is 5.18. The van der Waals surface area contributed by atoms with E-state index in [-0.39, 0.29) is 0 Å². The summed E-state index contributed by atoms with van der Waals surface area (Å²) in [5.74, 6) is 0. The van der Waals surface area contributed by atoms with Gasteiger partial charge in [-0.1, -0.05) is 133 Å². The Morgan fingerprint density at radius 1 is 0.419 bits per heavy atom. The molecule has 8 aromatic rings. The summed E-state index contributed by atoms with van der Waals surface area (Å²) in [5.41, 5.74) is 14.8. The van der Waals surface area contributed by atoms with Crippen molar-refractivity contribution < 1.29 is 0 Å². The van der Waals surface area contributed by atoms with E-state index in [1.54, 1.807) is 0 Å². The summed E-state index contributed by atoms with van der Waals surface area (Å²) in [6.45, 7) is 2.13. The molecule has 0 bridgehead atoms. The van der Waals surface area contributed by atoms with Gasteiger partial charge in [-0.25, -0.2) is 4.98 Å². The summed E-state index contributed by atoms with van der Waals surface area (Å²) in [4.78, 5) is 5.14. The number of hydrogen-bond acceptors (Lipinski definition) is 1. The number of benzene rings is 7. The fraction of sp³-hybridized carbons (Fsp3) is 0.0238. The molecule has 1 aliphatic rings. The second-order valence-corrected chi connectivity index (χ2v) is 11.6. The van der Waals surface area contributed by atoms with Crippen molar-refractivity contribution in [2.24, 2.45) is 0 Å². The van der Waals surface area contributed by atoms with E-state index < -0.39 is 0 Å². The SMILES string of the molecule is Cc1ccc2nc(-c3ccc4c5c(cccc35)-c3c-4c(-c4ccccc4)c4ccccc4c3-c3ccccc3)ccc2c1. The van der Waals surface area contributed by atoms with Gasteiger partial charge in [0.2, 0.25) is 0 Å². The minimum absolute atomic E-state index is 1.01. The van der Waals surface area contributed by atoms with Gasteiger partial charge in [-0.15, -0.1) is 0 Å². The third-order valence-electron chi connectivity index (χ3n) is 9.04. The van der Waals surface area contributed by atoms with Crippen LogP contribution in [-0.4, -0.2) is 4.98 Å². The molecule has 0 atom stereocenters. The van der Waals surface area contributed by atoms with Crippen LogP contribution in [0.25, 0.3) is 88.2 Å². The average Bonchev–Trinajstić information content (AvgIpc) is 3.39. The molecule has 0 aliphatic heterocycles. The molecule has 0 spiro atoms. The molecule has 1 heterocycles. The highest BCUT2D eigenvalue weighted by Gasteiger charge is 2.31. The van der Waals surface area contributed by atoms with Crippen LogP contribution in [0.4, 0.5) is 0 Å². The first-order chi connectivity index (χ1) is 21.3. The largest absolute Gasteiger partial charge is 0.248 e. The van der Waals surface area contributed by atoms with E-state index in [0.717, 1.165) is 11.2 Å². The van der Waals surface area contributed by atoms with Crippen LogP contribution in [0, 0.1) is 6.92 Å².